The van der Waals surface area contributed by atoms with Crippen LogP contribution in [0.4, 0.5) is 11.6 Å². The van der Waals surface area contributed by atoms with E-state index >= 15 is 0 Å². The molecule has 0 aliphatic heterocycles. The molecular formula is C14H13N5O2. The van der Waals surface area contributed by atoms with Crippen LogP contribution in [0, 0.1) is 17.0 Å². The summed E-state index contributed by atoms with van der Waals surface area (Å²) in [6, 6.07) is 10.3. The summed E-state index contributed by atoms with van der Waals surface area (Å²) in [7, 11) is 0. The van der Waals surface area contributed by atoms with Gasteiger partial charge in [0.25, 0.3) is 5.69 Å². The van der Waals surface area contributed by atoms with Gasteiger partial charge >= 0.3 is 0 Å². The van der Waals surface area contributed by atoms with Crippen molar-refractivity contribution in [2.75, 3.05) is 5.32 Å². The van der Waals surface area contributed by atoms with Crippen LogP contribution < -0.4 is 5.32 Å². The molecular weight excluding hydrogens is 270 g/mol. The highest BCUT2D eigenvalue weighted by atomic mass is 16.6. The largest absolute Gasteiger partial charge is 0.349 e. The lowest BCUT2D eigenvalue weighted by atomic mass is 10.2. The zero-order valence-electron chi connectivity index (χ0n) is 11.4. The molecule has 0 bridgehead atoms. The molecule has 0 saturated heterocycles. The van der Waals surface area contributed by atoms with Crippen molar-refractivity contribution in [3.63, 3.8) is 0 Å². The molecule has 3 aromatic rings. The van der Waals surface area contributed by atoms with Gasteiger partial charge in [0.1, 0.15) is 0 Å². The van der Waals surface area contributed by atoms with Crippen LogP contribution in [0.25, 0.3) is 5.65 Å². The lowest BCUT2D eigenvalue weighted by Gasteiger charge is -2.01. The number of nitrogens with one attached hydrogen (secondary N) is 1. The highest BCUT2D eigenvalue weighted by Crippen LogP contribution is 2.13. The molecule has 0 atom stereocenters. The summed E-state index contributed by atoms with van der Waals surface area (Å²) in [5.74, 6) is 0.527. The van der Waals surface area contributed by atoms with E-state index in [2.05, 4.69) is 15.4 Å². The number of pyridine rings is 1. The summed E-state index contributed by atoms with van der Waals surface area (Å²) >= 11 is 0. The fourth-order valence-corrected chi connectivity index (χ4v) is 1.97. The normalized spacial score (nSPS) is 10.7. The number of aryl methyl sites for hydroxylation is 1. The van der Waals surface area contributed by atoms with Crippen LogP contribution in [-0.4, -0.2) is 19.5 Å². The van der Waals surface area contributed by atoms with Gasteiger partial charge in [-0.3, -0.25) is 10.1 Å². The number of nitrogens with zero attached hydrogens (tertiary/aromatic N) is 4. The van der Waals surface area contributed by atoms with E-state index in [9.17, 15) is 10.1 Å². The Morgan fingerprint density at radius 3 is 2.76 bits per heavy atom. The van der Waals surface area contributed by atoms with Crippen LogP contribution in [0.1, 0.15) is 11.1 Å². The van der Waals surface area contributed by atoms with E-state index in [1.54, 1.807) is 16.6 Å². The van der Waals surface area contributed by atoms with Crippen LogP contribution in [0.3, 0.4) is 0 Å². The van der Waals surface area contributed by atoms with Crippen LogP contribution in [-0.2, 0) is 6.54 Å². The summed E-state index contributed by atoms with van der Waals surface area (Å²) in [6.07, 6.45) is 1.86. The molecule has 21 heavy (non-hydrogen) atoms. The van der Waals surface area contributed by atoms with Crippen molar-refractivity contribution < 1.29 is 4.92 Å². The SMILES string of the molecule is Cc1ccn2nc(NCc3ccc([N+](=O)[O-])cc3)nc2c1. The number of hydrogen-bond donors (Lipinski definition) is 1. The molecule has 0 radical (unpaired) electrons. The van der Waals surface area contributed by atoms with Gasteiger partial charge in [0.05, 0.1) is 4.92 Å². The van der Waals surface area contributed by atoms with Gasteiger partial charge in [-0.2, -0.15) is 4.98 Å². The molecule has 0 spiro atoms. The van der Waals surface area contributed by atoms with Gasteiger partial charge in [-0.1, -0.05) is 12.1 Å². The Morgan fingerprint density at radius 2 is 2.05 bits per heavy atom. The van der Waals surface area contributed by atoms with Crippen LogP contribution in [0.15, 0.2) is 42.6 Å². The molecule has 7 heteroatoms. The second-order valence-corrected chi connectivity index (χ2v) is 4.72. The average molecular weight is 283 g/mol. The molecule has 106 valence electrons. The van der Waals surface area contributed by atoms with Gasteiger partial charge in [-0.25, -0.2) is 4.52 Å². The third-order valence-corrected chi connectivity index (χ3v) is 3.09. The first-order valence-electron chi connectivity index (χ1n) is 6.42. The molecule has 0 saturated carbocycles. The topological polar surface area (TPSA) is 85.4 Å². The van der Waals surface area contributed by atoms with Gasteiger partial charge in [0, 0.05) is 24.9 Å². The molecule has 0 aliphatic rings. The van der Waals surface area contributed by atoms with Crippen molar-refractivity contribution in [1.29, 1.82) is 0 Å². The van der Waals surface area contributed by atoms with Gasteiger partial charge in [0.15, 0.2) is 5.65 Å². The summed E-state index contributed by atoms with van der Waals surface area (Å²) < 4.78 is 1.70. The average Bonchev–Trinajstić information content (AvgIpc) is 2.87. The van der Waals surface area contributed by atoms with Gasteiger partial charge in [-0.15, -0.1) is 5.10 Å². The summed E-state index contributed by atoms with van der Waals surface area (Å²) in [4.78, 5) is 14.5. The molecule has 0 fully saturated rings. The Balaban J connectivity index is 1.72. The van der Waals surface area contributed by atoms with E-state index in [0.717, 1.165) is 16.8 Å². The quantitative estimate of drug-likeness (QED) is 0.587. The number of anilines is 1. The molecule has 2 heterocycles. The molecule has 0 unspecified atom stereocenters. The molecule has 7 nitrogen and oxygen atoms in total. The zero-order valence-corrected chi connectivity index (χ0v) is 11.4. The van der Waals surface area contributed by atoms with Crippen molar-refractivity contribution in [1.82, 2.24) is 14.6 Å². The summed E-state index contributed by atoms with van der Waals surface area (Å²) in [5.41, 5.74) is 2.91. The third kappa shape index (κ3) is 2.81. The van der Waals surface area contributed by atoms with Crippen LogP contribution in [0.5, 0.6) is 0 Å². The van der Waals surface area contributed by atoms with Crippen LogP contribution >= 0.6 is 0 Å². The minimum Gasteiger partial charge on any atom is -0.349 e. The standard InChI is InChI=1S/C14H13N5O2/c1-10-6-7-18-13(8-10)16-14(17-18)15-9-11-2-4-12(5-3-11)19(20)21/h2-8H,9H2,1H3,(H,15,17). The molecule has 3 rings (SSSR count). The maximum Gasteiger partial charge on any atom is 0.269 e. The highest BCUT2D eigenvalue weighted by Gasteiger charge is 2.05. The third-order valence-electron chi connectivity index (χ3n) is 3.09. The van der Waals surface area contributed by atoms with E-state index in [-0.39, 0.29) is 5.69 Å². The molecule has 2 aromatic heterocycles. The first-order valence-corrected chi connectivity index (χ1v) is 6.42. The number of rotatable bonds is 4. The molecule has 0 amide bonds. The lowest BCUT2D eigenvalue weighted by Crippen LogP contribution is -2.01. The monoisotopic (exact) mass is 283 g/mol. The van der Waals surface area contributed by atoms with Gasteiger partial charge in [-0.05, 0) is 30.2 Å². The van der Waals surface area contributed by atoms with E-state index in [1.165, 1.54) is 12.1 Å². The Kier molecular flexibility index (Phi) is 3.23. The number of hydrogen-bond acceptors (Lipinski definition) is 5. The second-order valence-electron chi connectivity index (χ2n) is 4.72. The van der Waals surface area contributed by atoms with Crippen molar-refractivity contribution in [3.8, 4) is 0 Å². The lowest BCUT2D eigenvalue weighted by molar-refractivity contribution is -0.384. The Bertz CT molecular complexity index is 795. The summed E-state index contributed by atoms with van der Waals surface area (Å²) in [5, 5.41) is 18.0. The van der Waals surface area contributed by atoms with Crippen molar-refractivity contribution in [2.45, 2.75) is 13.5 Å². The van der Waals surface area contributed by atoms with Gasteiger partial charge in [0.2, 0.25) is 5.95 Å². The fourth-order valence-electron chi connectivity index (χ4n) is 1.97. The predicted octanol–water partition coefficient (Wildman–Crippen LogP) is 2.56. The Hall–Kier alpha value is -2.96. The Labute approximate surface area is 120 Å². The maximum absolute atomic E-state index is 10.6. The number of fused-ring (bicyclic) bond motifs is 1. The van der Waals surface area contributed by atoms with E-state index in [4.69, 9.17) is 0 Å². The van der Waals surface area contributed by atoms with Crippen molar-refractivity contribution in [2.24, 2.45) is 0 Å². The number of aromatic nitrogens is 3. The molecule has 1 aromatic carbocycles. The smallest absolute Gasteiger partial charge is 0.269 e. The first kappa shape index (κ1) is 13.0. The van der Waals surface area contributed by atoms with E-state index < -0.39 is 4.92 Å². The number of nitro groups is 1. The first-order chi connectivity index (χ1) is 10.1. The molecule has 1 N–H and O–H groups in total. The number of non-ortho nitro benzene ring substituents is 1. The van der Waals surface area contributed by atoms with Gasteiger partial charge < -0.3 is 5.32 Å². The second kappa shape index (κ2) is 5.20. The van der Waals surface area contributed by atoms with E-state index in [0.29, 0.717) is 12.5 Å². The van der Waals surface area contributed by atoms with E-state index in [1.807, 2.05) is 25.3 Å². The van der Waals surface area contributed by atoms with Crippen molar-refractivity contribution >= 4 is 17.3 Å². The maximum atomic E-state index is 10.6. The zero-order chi connectivity index (χ0) is 14.8. The fraction of sp³-hybridized carbons (Fsp3) is 0.143. The minimum absolute atomic E-state index is 0.0834. The number of nitro benzene ring substituents is 1. The highest BCUT2D eigenvalue weighted by molar-refractivity contribution is 5.45. The minimum atomic E-state index is -0.413. The predicted molar refractivity (Wildman–Crippen MR) is 78.1 cm³/mol. The number of benzene rings is 1. The Morgan fingerprint density at radius 1 is 1.29 bits per heavy atom. The molecule has 0 aliphatic carbocycles. The summed E-state index contributed by atoms with van der Waals surface area (Å²) in [6.45, 7) is 2.51. The van der Waals surface area contributed by atoms with Crippen LogP contribution in [0.2, 0.25) is 0 Å². The van der Waals surface area contributed by atoms with Crippen molar-refractivity contribution in [3.05, 3.63) is 63.8 Å².